The van der Waals surface area contributed by atoms with E-state index in [1.807, 2.05) is 0 Å². The van der Waals surface area contributed by atoms with Gasteiger partial charge in [0.2, 0.25) is 0 Å². The van der Waals surface area contributed by atoms with E-state index in [0.717, 1.165) is 17.7 Å². The number of nitrogens with two attached hydrogens (primary N) is 1. The number of H-pyrrole nitrogens is 1. The number of ether oxygens (including phenoxy) is 1. The van der Waals surface area contributed by atoms with Crippen molar-refractivity contribution >= 4 is 0 Å². The molecule has 0 aliphatic heterocycles. The number of nitrogens with zero attached hydrogens (tertiary/aromatic N) is 2. The molecular weight excluding hydrogens is 333 g/mol. The van der Waals surface area contributed by atoms with Gasteiger partial charge in [-0.25, -0.2) is 4.98 Å². The van der Waals surface area contributed by atoms with Gasteiger partial charge in [0.15, 0.2) is 5.82 Å². The Balaban J connectivity index is 1.87. The molecule has 3 rings (SSSR count). The van der Waals surface area contributed by atoms with Crippen LogP contribution in [-0.4, -0.2) is 22.3 Å². The summed E-state index contributed by atoms with van der Waals surface area (Å²) in [4.78, 5) is 4.23. The van der Waals surface area contributed by atoms with Gasteiger partial charge in [-0.15, -0.1) is 0 Å². The van der Waals surface area contributed by atoms with E-state index >= 15 is 0 Å². The molecule has 1 heterocycles. The predicted octanol–water partition coefficient (Wildman–Crippen LogP) is 3.55. The zero-order chi connectivity index (χ0) is 18.0. The van der Waals surface area contributed by atoms with Crippen molar-refractivity contribution < 1.29 is 17.9 Å². The monoisotopic (exact) mass is 348 g/mol. The molecule has 0 saturated heterocycles. The standard InChI is InChI=1S/C17H15F3N4O/c1-25-13-7-5-10(6-8-13)14(21)16-22-15(23-24-16)11-3-2-4-12(9-11)17(18,19)20/h2-9,14H,21H2,1H3,(H,22,23,24)/t14-/m1/s1. The van der Waals surface area contributed by atoms with Crippen LogP contribution in [0.5, 0.6) is 5.75 Å². The van der Waals surface area contributed by atoms with Gasteiger partial charge in [-0.2, -0.15) is 18.3 Å². The molecule has 3 N–H and O–H groups in total. The molecule has 25 heavy (non-hydrogen) atoms. The number of alkyl halides is 3. The van der Waals surface area contributed by atoms with Gasteiger partial charge in [0.1, 0.15) is 11.6 Å². The molecular formula is C17H15F3N4O. The van der Waals surface area contributed by atoms with Crippen molar-refractivity contribution in [1.82, 2.24) is 15.2 Å². The van der Waals surface area contributed by atoms with Gasteiger partial charge < -0.3 is 10.5 Å². The van der Waals surface area contributed by atoms with Gasteiger partial charge >= 0.3 is 6.18 Å². The van der Waals surface area contributed by atoms with Crippen molar-refractivity contribution in [3.63, 3.8) is 0 Å². The van der Waals surface area contributed by atoms with Crippen molar-refractivity contribution in [2.24, 2.45) is 5.73 Å². The smallest absolute Gasteiger partial charge is 0.416 e. The second-order valence-electron chi connectivity index (χ2n) is 5.37. The first kappa shape index (κ1) is 17.0. The molecule has 0 radical (unpaired) electrons. The number of aromatic nitrogens is 3. The molecule has 130 valence electrons. The van der Waals surface area contributed by atoms with Crippen LogP contribution in [0, 0.1) is 0 Å². The predicted molar refractivity (Wildman–Crippen MR) is 85.8 cm³/mol. The number of nitrogens with one attached hydrogen (secondary N) is 1. The maximum atomic E-state index is 12.8. The highest BCUT2D eigenvalue weighted by atomic mass is 19.4. The Kier molecular flexibility index (Phi) is 4.45. The van der Waals surface area contributed by atoms with Gasteiger partial charge in [0.25, 0.3) is 0 Å². The number of methoxy groups -OCH3 is 1. The molecule has 1 aromatic heterocycles. The van der Waals surface area contributed by atoms with Crippen LogP contribution in [0.1, 0.15) is 23.0 Å². The van der Waals surface area contributed by atoms with Gasteiger partial charge in [-0.05, 0) is 29.8 Å². The summed E-state index contributed by atoms with van der Waals surface area (Å²) in [5, 5.41) is 6.67. The maximum Gasteiger partial charge on any atom is 0.416 e. The molecule has 0 aliphatic carbocycles. The zero-order valence-corrected chi connectivity index (χ0v) is 13.2. The third-order valence-electron chi connectivity index (χ3n) is 3.72. The van der Waals surface area contributed by atoms with Crippen molar-refractivity contribution in [1.29, 1.82) is 0 Å². The maximum absolute atomic E-state index is 12.8. The number of halogens is 3. The van der Waals surface area contributed by atoms with Crippen LogP contribution in [0.15, 0.2) is 48.5 Å². The Bertz CT molecular complexity index is 859. The van der Waals surface area contributed by atoms with Crippen LogP contribution < -0.4 is 10.5 Å². The normalized spacial score (nSPS) is 12.8. The van der Waals surface area contributed by atoms with E-state index < -0.39 is 17.8 Å². The fourth-order valence-corrected chi connectivity index (χ4v) is 2.35. The van der Waals surface area contributed by atoms with E-state index in [9.17, 15) is 13.2 Å². The van der Waals surface area contributed by atoms with Gasteiger partial charge in [-0.1, -0.05) is 24.3 Å². The van der Waals surface area contributed by atoms with E-state index in [1.54, 1.807) is 31.4 Å². The lowest BCUT2D eigenvalue weighted by Crippen LogP contribution is -2.13. The first-order valence-electron chi connectivity index (χ1n) is 7.38. The summed E-state index contributed by atoms with van der Waals surface area (Å²) in [5.74, 6) is 1.21. The molecule has 0 aliphatic rings. The highest BCUT2D eigenvalue weighted by Gasteiger charge is 2.30. The largest absolute Gasteiger partial charge is 0.497 e. The molecule has 1 atom stereocenters. The van der Waals surface area contributed by atoms with Gasteiger partial charge in [0.05, 0.1) is 18.7 Å². The minimum Gasteiger partial charge on any atom is -0.497 e. The molecule has 0 unspecified atom stereocenters. The third-order valence-corrected chi connectivity index (χ3v) is 3.72. The molecule has 3 aromatic rings. The lowest BCUT2D eigenvalue weighted by molar-refractivity contribution is -0.137. The van der Waals surface area contributed by atoms with Crippen LogP contribution in [-0.2, 0) is 6.18 Å². The second kappa shape index (κ2) is 6.56. The highest BCUT2D eigenvalue weighted by Crippen LogP contribution is 2.31. The number of rotatable bonds is 4. The van der Waals surface area contributed by atoms with Crippen LogP contribution in [0.2, 0.25) is 0 Å². The molecule has 0 saturated carbocycles. The van der Waals surface area contributed by atoms with E-state index in [-0.39, 0.29) is 11.4 Å². The van der Waals surface area contributed by atoms with Crippen molar-refractivity contribution in [2.75, 3.05) is 7.11 Å². The fourth-order valence-electron chi connectivity index (χ4n) is 2.35. The zero-order valence-electron chi connectivity index (χ0n) is 13.2. The summed E-state index contributed by atoms with van der Waals surface area (Å²) < 4.78 is 43.6. The molecule has 0 spiro atoms. The summed E-state index contributed by atoms with van der Waals surface area (Å²) in [6.07, 6.45) is -4.42. The number of benzene rings is 2. The Morgan fingerprint density at radius 1 is 1.12 bits per heavy atom. The molecule has 2 aromatic carbocycles. The number of hydrogen-bond acceptors (Lipinski definition) is 4. The SMILES string of the molecule is COc1ccc([C@@H](N)c2nc(-c3cccc(C(F)(F)F)c3)n[nH]2)cc1. The summed E-state index contributed by atoms with van der Waals surface area (Å²) in [7, 11) is 1.56. The number of hydrogen-bond donors (Lipinski definition) is 2. The minimum absolute atomic E-state index is 0.157. The highest BCUT2D eigenvalue weighted by molar-refractivity contribution is 5.56. The summed E-state index contributed by atoms with van der Waals surface area (Å²) in [5.41, 5.74) is 6.42. The van der Waals surface area contributed by atoms with Crippen molar-refractivity contribution in [3.8, 4) is 17.1 Å². The first-order chi connectivity index (χ1) is 11.9. The van der Waals surface area contributed by atoms with E-state index in [1.165, 1.54) is 12.1 Å². The molecule has 0 bridgehead atoms. The summed E-state index contributed by atoms with van der Waals surface area (Å²) in [6.45, 7) is 0. The lowest BCUT2D eigenvalue weighted by Gasteiger charge is -2.09. The topological polar surface area (TPSA) is 76.8 Å². The quantitative estimate of drug-likeness (QED) is 0.756. The molecule has 8 heteroatoms. The van der Waals surface area contributed by atoms with E-state index in [2.05, 4.69) is 15.2 Å². The summed E-state index contributed by atoms with van der Waals surface area (Å²) in [6, 6.07) is 11.4. The Hall–Kier alpha value is -2.87. The average molecular weight is 348 g/mol. The van der Waals surface area contributed by atoms with Crippen molar-refractivity contribution in [3.05, 3.63) is 65.5 Å². The van der Waals surface area contributed by atoms with Crippen LogP contribution in [0.3, 0.4) is 0 Å². The van der Waals surface area contributed by atoms with E-state index in [4.69, 9.17) is 10.5 Å². The molecule has 0 amide bonds. The van der Waals surface area contributed by atoms with Crippen LogP contribution >= 0.6 is 0 Å². The molecule has 0 fully saturated rings. The van der Waals surface area contributed by atoms with Crippen LogP contribution in [0.25, 0.3) is 11.4 Å². The number of aromatic amines is 1. The first-order valence-corrected chi connectivity index (χ1v) is 7.38. The van der Waals surface area contributed by atoms with E-state index in [0.29, 0.717) is 11.6 Å². The third kappa shape index (κ3) is 3.63. The Morgan fingerprint density at radius 3 is 2.48 bits per heavy atom. The van der Waals surface area contributed by atoms with Crippen LogP contribution in [0.4, 0.5) is 13.2 Å². The fraction of sp³-hybridized carbons (Fsp3) is 0.176. The summed E-state index contributed by atoms with van der Waals surface area (Å²) >= 11 is 0. The van der Waals surface area contributed by atoms with Gasteiger partial charge in [0, 0.05) is 5.56 Å². The average Bonchev–Trinajstić information content (AvgIpc) is 3.11. The lowest BCUT2D eigenvalue weighted by atomic mass is 10.1. The Morgan fingerprint density at radius 2 is 1.84 bits per heavy atom. The van der Waals surface area contributed by atoms with Gasteiger partial charge in [-0.3, -0.25) is 5.10 Å². The van der Waals surface area contributed by atoms with Crippen molar-refractivity contribution in [2.45, 2.75) is 12.2 Å². The second-order valence-corrected chi connectivity index (χ2v) is 5.37. The Labute approximate surface area is 141 Å². The minimum atomic E-state index is -4.42. The molecule has 5 nitrogen and oxygen atoms in total.